The van der Waals surface area contributed by atoms with Gasteiger partial charge in [0.05, 0.1) is 0 Å². The van der Waals surface area contributed by atoms with Gasteiger partial charge in [0.1, 0.15) is 0 Å². The summed E-state index contributed by atoms with van der Waals surface area (Å²) in [6.07, 6.45) is 7.14. The van der Waals surface area contributed by atoms with Crippen molar-refractivity contribution in [3.8, 4) is 0 Å². The van der Waals surface area contributed by atoms with E-state index in [2.05, 4.69) is 31.1 Å². The van der Waals surface area contributed by atoms with Crippen LogP contribution in [0.1, 0.15) is 46.0 Å². The van der Waals surface area contributed by atoms with Crippen molar-refractivity contribution >= 4 is 0 Å². The highest BCUT2D eigenvalue weighted by Crippen LogP contribution is 2.37. The van der Waals surface area contributed by atoms with E-state index < -0.39 is 0 Å². The number of rotatable bonds is 6. The Labute approximate surface area is 107 Å². The van der Waals surface area contributed by atoms with E-state index in [1.54, 1.807) is 0 Å². The molecular formula is C15H30N2. The van der Waals surface area contributed by atoms with E-state index in [0.29, 0.717) is 0 Å². The molecule has 4 unspecified atom stereocenters. The van der Waals surface area contributed by atoms with Gasteiger partial charge in [-0.1, -0.05) is 26.7 Å². The fourth-order valence-corrected chi connectivity index (χ4v) is 3.21. The fraction of sp³-hybridized carbons (Fsp3) is 1.00. The first-order chi connectivity index (χ1) is 8.16. The second kappa shape index (κ2) is 6.19. The van der Waals surface area contributed by atoms with Gasteiger partial charge in [-0.25, -0.2) is 0 Å². The monoisotopic (exact) mass is 238 g/mol. The highest BCUT2D eigenvalue weighted by molar-refractivity contribution is 4.84. The molecule has 0 aromatic rings. The van der Waals surface area contributed by atoms with Gasteiger partial charge < -0.3 is 10.2 Å². The van der Waals surface area contributed by atoms with E-state index in [9.17, 15) is 0 Å². The molecule has 2 fully saturated rings. The third kappa shape index (κ3) is 4.26. The summed E-state index contributed by atoms with van der Waals surface area (Å²) in [6, 6.07) is 0.789. The molecule has 1 N–H and O–H groups in total. The van der Waals surface area contributed by atoms with Crippen LogP contribution in [0.4, 0.5) is 0 Å². The first-order valence-electron chi connectivity index (χ1n) is 7.58. The van der Waals surface area contributed by atoms with E-state index in [4.69, 9.17) is 0 Å². The van der Waals surface area contributed by atoms with E-state index in [1.807, 2.05) is 0 Å². The van der Waals surface area contributed by atoms with Crippen molar-refractivity contribution in [1.29, 1.82) is 0 Å². The van der Waals surface area contributed by atoms with E-state index >= 15 is 0 Å². The number of hydrogen-bond donors (Lipinski definition) is 1. The van der Waals surface area contributed by atoms with Crippen LogP contribution in [-0.4, -0.2) is 37.6 Å². The highest BCUT2D eigenvalue weighted by Gasteiger charge is 2.32. The Hall–Kier alpha value is -0.0800. The average Bonchev–Trinajstić information content (AvgIpc) is 2.97. The molecule has 0 aliphatic heterocycles. The van der Waals surface area contributed by atoms with Gasteiger partial charge in [0.15, 0.2) is 0 Å². The second-order valence-electron chi connectivity index (χ2n) is 6.56. The van der Waals surface area contributed by atoms with Gasteiger partial charge >= 0.3 is 0 Å². The van der Waals surface area contributed by atoms with E-state index in [1.165, 1.54) is 51.7 Å². The molecule has 0 saturated heterocycles. The number of hydrogen-bond acceptors (Lipinski definition) is 2. The zero-order valence-electron chi connectivity index (χ0n) is 11.9. The maximum absolute atomic E-state index is 3.77. The minimum Gasteiger partial charge on any atom is -0.312 e. The molecule has 2 saturated carbocycles. The summed E-state index contributed by atoms with van der Waals surface area (Å²) in [5.41, 5.74) is 0. The molecule has 0 spiro atoms. The molecule has 0 heterocycles. The van der Waals surface area contributed by atoms with Crippen LogP contribution in [0.15, 0.2) is 0 Å². The van der Waals surface area contributed by atoms with Crippen LogP contribution < -0.4 is 5.32 Å². The molecule has 2 aliphatic carbocycles. The van der Waals surface area contributed by atoms with Crippen LogP contribution >= 0.6 is 0 Å². The fourth-order valence-electron chi connectivity index (χ4n) is 3.21. The summed E-state index contributed by atoms with van der Waals surface area (Å²) in [5.74, 6) is 2.87. The first kappa shape index (κ1) is 13.4. The smallest absolute Gasteiger partial charge is 0.0104 e. The SMILES string of the molecule is CC1CC1CN(C)CCNC1CCCCC1C. The van der Waals surface area contributed by atoms with Crippen LogP contribution in [-0.2, 0) is 0 Å². The standard InChI is InChI=1S/C15H30N2/c1-12-6-4-5-7-15(12)16-8-9-17(3)11-14-10-13(14)2/h12-16H,4-11H2,1-3H3. The van der Waals surface area contributed by atoms with Crippen molar-refractivity contribution in [1.82, 2.24) is 10.2 Å². The molecule has 0 radical (unpaired) electrons. The summed E-state index contributed by atoms with van der Waals surface area (Å²) in [5, 5.41) is 3.77. The normalized spacial score (nSPS) is 37.4. The van der Waals surface area contributed by atoms with Gasteiger partial charge in [-0.2, -0.15) is 0 Å². The van der Waals surface area contributed by atoms with Gasteiger partial charge in [0.2, 0.25) is 0 Å². The van der Waals surface area contributed by atoms with Crippen molar-refractivity contribution in [2.75, 3.05) is 26.7 Å². The molecule has 2 heteroatoms. The Bertz CT molecular complexity index is 229. The lowest BCUT2D eigenvalue weighted by Gasteiger charge is -2.30. The number of nitrogens with zero attached hydrogens (tertiary/aromatic N) is 1. The molecule has 2 nitrogen and oxygen atoms in total. The van der Waals surface area contributed by atoms with Crippen molar-refractivity contribution in [3.05, 3.63) is 0 Å². The molecule has 0 aromatic carbocycles. The molecule has 0 bridgehead atoms. The van der Waals surface area contributed by atoms with Crippen LogP contribution in [0, 0.1) is 17.8 Å². The van der Waals surface area contributed by atoms with Crippen LogP contribution in [0.2, 0.25) is 0 Å². The molecular weight excluding hydrogens is 208 g/mol. The third-order valence-electron chi connectivity index (χ3n) is 4.83. The quantitative estimate of drug-likeness (QED) is 0.765. The van der Waals surface area contributed by atoms with Crippen LogP contribution in [0.5, 0.6) is 0 Å². The largest absolute Gasteiger partial charge is 0.312 e. The van der Waals surface area contributed by atoms with Crippen molar-refractivity contribution in [3.63, 3.8) is 0 Å². The third-order valence-corrected chi connectivity index (χ3v) is 4.83. The summed E-state index contributed by atoms with van der Waals surface area (Å²) in [7, 11) is 2.27. The lowest BCUT2D eigenvalue weighted by Crippen LogP contribution is -2.41. The molecule has 2 aliphatic rings. The van der Waals surface area contributed by atoms with Crippen LogP contribution in [0.3, 0.4) is 0 Å². The summed E-state index contributed by atoms with van der Waals surface area (Å²) in [6.45, 7) is 8.48. The van der Waals surface area contributed by atoms with Crippen LogP contribution in [0.25, 0.3) is 0 Å². The lowest BCUT2D eigenvalue weighted by atomic mass is 9.86. The van der Waals surface area contributed by atoms with Gasteiger partial charge in [0.25, 0.3) is 0 Å². The maximum Gasteiger partial charge on any atom is 0.0104 e. The Morgan fingerprint density at radius 1 is 1.12 bits per heavy atom. The van der Waals surface area contributed by atoms with Gasteiger partial charge in [0, 0.05) is 25.7 Å². The second-order valence-corrected chi connectivity index (χ2v) is 6.56. The molecule has 100 valence electrons. The van der Waals surface area contributed by atoms with Gasteiger partial charge in [-0.05, 0) is 44.1 Å². The molecule has 0 aromatic heterocycles. The van der Waals surface area contributed by atoms with Gasteiger partial charge in [-0.15, -0.1) is 0 Å². The van der Waals surface area contributed by atoms with Crippen molar-refractivity contribution in [2.24, 2.45) is 17.8 Å². The van der Waals surface area contributed by atoms with Gasteiger partial charge in [-0.3, -0.25) is 0 Å². The topological polar surface area (TPSA) is 15.3 Å². The molecule has 17 heavy (non-hydrogen) atoms. The predicted octanol–water partition coefficient (Wildman–Crippen LogP) is 2.74. The zero-order chi connectivity index (χ0) is 12.3. The lowest BCUT2D eigenvalue weighted by molar-refractivity contribution is 0.256. The number of likely N-dealkylation sites (N-methyl/N-ethyl adjacent to an activating group) is 1. The summed E-state index contributed by atoms with van der Waals surface area (Å²) >= 11 is 0. The predicted molar refractivity (Wildman–Crippen MR) is 74.2 cm³/mol. The van der Waals surface area contributed by atoms with Crippen molar-refractivity contribution in [2.45, 2.75) is 52.0 Å². The minimum absolute atomic E-state index is 0.789. The Balaban J connectivity index is 1.55. The highest BCUT2D eigenvalue weighted by atomic mass is 15.1. The summed E-state index contributed by atoms with van der Waals surface area (Å²) < 4.78 is 0. The minimum atomic E-state index is 0.789. The Morgan fingerprint density at radius 2 is 1.82 bits per heavy atom. The summed E-state index contributed by atoms with van der Waals surface area (Å²) in [4.78, 5) is 2.51. The number of nitrogens with one attached hydrogen (secondary N) is 1. The van der Waals surface area contributed by atoms with E-state index in [-0.39, 0.29) is 0 Å². The molecule has 0 amide bonds. The first-order valence-corrected chi connectivity index (χ1v) is 7.58. The Kier molecular flexibility index (Phi) is 4.87. The zero-order valence-corrected chi connectivity index (χ0v) is 11.9. The maximum atomic E-state index is 3.77. The molecule has 2 rings (SSSR count). The van der Waals surface area contributed by atoms with Crippen molar-refractivity contribution < 1.29 is 0 Å². The molecule has 4 atom stereocenters. The van der Waals surface area contributed by atoms with E-state index in [0.717, 1.165) is 23.8 Å². The average molecular weight is 238 g/mol. The Morgan fingerprint density at radius 3 is 2.47 bits per heavy atom.